The molecule has 0 heterocycles. The molecule has 144 valence electrons. The van der Waals surface area contributed by atoms with Crippen molar-refractivity contribution in [3.8, 4) is 0 Å². The van der Waals surface area contributed by atoms with Gasteiger partial charge in [-0.2, -0.15) is 25.7 Å². The largest absolute Gasteiger partial charge is 2.00 e. The van der Waals surface area contributed by atoms with Crippen LogP contribution in [0.25, 0.3) is 0 Å². The smallest absolute Gasteiger partial charge is 0.328 e. The van der Waals surface area contributed by atoms with Crippen LogP contribution in [0.3, 0.4) is 0 Å². The van der Waals surface area contributed by atoms with E-state index < -0.39 is 0 Å². The Bertz CT molecular complexity index is 116. The number of hydrogen-bond acceptors (Lipinski definition) is 0. The van der Waals surface area contributed by atoms with Gasteiger partial charge in [-0.15, -0.1) is 0 Å². The summed E-state index contributed by atoms with van der Waals surface area (Å²) in [7, 11) is 0. The van der Waals surface area contributed by atoms with Gasteiger partial charge in [0, 0.05) is 0 Å². The van der Waals surface area contributed by atoms with Crippen LogP contribution in [-0.2, 0) is 0 Å². The zero-order valence-electron chi connectivity index (χ0n) is 17.4. The summed E-state index contributed by atoms with van der Waals surface area (Å²) >= 11 is 0. The van der Waals surface area contributed by atoms with Gasteiger partial charge in [0.15, 0.2) is 0 Å². The molecule has 0 aromatic carbocycles. The number of hydrogen-bond donors (Lipinski definition) is 0. The minimum Gasteiger partial charge on any atom is -0.328 e. The summed E-state index contributed by atoms with van der Waals surface area (Å²) in [5.74, 6) is 0. The van der Waals surface area contributed by atoms with Gasteiger partial charge in [-0.05, 0) is 0 Å². The molecule has 0 bridgehead atoms. The maximum atomic E-state index is 2.50. The minimum absolute atomic E-state index is 0. The summed E-state index contributed by atoms with van der Waals surface area (Å²) in [6, 6.07) is 0. The fourth-order valence-electron chi connectivity index (χ4n) is 3.92. The maximum absolute atomic E-state index is 2.50. The first-order valence-corrected chi connectivity index (χ1v) is 11.6. The zero-order valence-corrected chi connectivity index (χ0v) is 18.8. The Morgan fingerprint density at radius 3 is 0.600 bits per heavy atom. The van der Waals surface area contributed by atoms with Gasteiger partial charge in [-0.25, -0.2) is 0 Å². The normalized spacial score (nSPS) is 23.0. The van der Waals surface area contributed by atoms with Crippen LogP contribution in [0.15, 0.2) is 0 Å². The topological polar surface area (TPSA) is 0 Å². The fraction of sp³-hybridized carbons (Fsp3) is 0.917. The van der Waals surface area contributed by atoms with E-state index in [1.807, 2.05) is 0 Å². The van der Waals surface area contributed by atoms with Gasteiger partial charge in [-0.1, -0.05) is 116 Å². The van der Waals surface area contributed by atoms with Crippen LogP contribution in [0, 0.1) is 12.8 Å². The van der Waals surface area contributed by atoms with Crippen LogP contribution in [0.2, 0.25) is 0 Å². The molecule has 0 aliphatic heterocycles. The minimum atomic E-state index is 0. The van der Waals surface area contributed by atoms with E-state index in [1.165, 1.54) is 141 Å². The first kappa shape index (κ1) is 25.8. The van der Waals surface area contributed by atoms with Gasteiger partial charge in [0.25, 0.3) is 0 Å². The fourth-order valence-corrected chi connectivity index (χ4v) is 3.92. The Kier molecular flexibility index (Phi) is 23.5. The third-order valence-electron chi connectivity index (χ3n) is 5.63. The molecule has 2 aliphatic carbocycles. The van der Waals surface area contributed by atoms with Crippen molar-refractivity contribution in [3.63, 3.8) is 0 Å². The van der Waals surface area contributed by atoms with E-state index in [2.05, 4.69) is 12.8 Å². The Morgan fingerprint density at radius 2 is 0.400 bits per heavy atom. The van der Waals surface area contributed by atoms with Crippen molar-refractivity contribution in [2.75, 3.05) is 0 Å². The van der Waals surface area contributed by atoms with Gasteiger partial charge in [0.05, 0.1) is 0 Å². The van der Waals surface area contributed by atoms with Gasteiger partial charge >= 0.3 is 23.1 Å². The summed E-state index contributed by atoms with van der Waals surface area (Å²) in [5.41, 5.74) is 0. The van der Waals surface area contributed by atoms with Gasteiger partial charge < -0.3 is 12.8 Å². The molecule has 2 fully saturated rings. The van der Waals surface area contributed by atoms with Crippen molar-refractivity contribution >= 4 is 23.1 Å². The van der Waals surface area contributed by atoms with Crippen molar-refractivity contribution in [2.24, 2.45) is 0 Å². The van der Waals surface area contributed by atoms with Crippen molar-refractivity contribution < 1.29 is 0 Å². The Balaban J connectivity index is 0.000000443. The van der Waals surface area contributed by atoms with E-state index in [0.717, 1.165) is 0 Å². The maximum Gasteiger partial charge on any atom is 2.00 e. The summed E-state index contributed by atoms with van der Waals surface area (Å²) in [5, 5.41) is 0. The van der Waals surface area contributed by atoms with E-state index in [9.17, 15) is 0 Å². The van der Waals surface area contributed by atoms with Crippen LogP contribution in [0.5, 0.6) is 0 Å². The summed E-state index contributed by atoms with van der Waals surface area (Å²) in [4.78, 5) is 0. The molecule has 0 amide bonds. The first-order valence-electron chi connectivity index (χ1n) is 11.6. The van der Waals surface area contributed by atoms with Gasteiger partial charge in [0.2, 0.25) is 0 Å². The van der Waals surface area contributed by atoms with Crippen LogP contribution >= 0.6 is 0 Å². The predicted molar refractivity (Wildman–Crippen MR) is 116 cm³/mol. The van der Waals surface area contributed by atoms with E-state index in [1.54, 1.807) is 0 Å². The Hall–Kier alpha value is 0.766. The Labute approximate surface area is 176 Å². The molecule has 1 heteroatoms. The quantitative estimate of drug-likeness (QED) is 0.300. The second-order valence-electron chi connectivity index (χ2n) is 8.10. The van der Waals surface area contributed by atoms with E-state index in [0.29, 0.717) is 0 Å². The Morgan fingerprint density at radius 1 is 0.240 bits per heavy atom. The molecule has 2 saturated carbocycles. The van der Waals surface area contributed by atoms with Gasteiger partial charge in [0.1, 0.15) is 0 Å². The SMILES string of the molecule is [CH-]1CCCCCCCCCCC1.[CH-]1CCCCCCCCCCC1.[Mg+2]. The summed E-state index contributed by atoms with van der Waals surface area (Å²) < 4.78 is 0. The molecule has 0 aromatic rings. The molecule has 0 aromatic heterocycles. The van der Waals surface area contributed by atoms with Crippen molar-refractivity contribution in [3.05, 3.63) is 12.8 Å². The van der Waals surface area contributed by atoms with E-state index in [-0.39, 0.29) is 23.1 Å². The van der Waals surface area contributed by atoms with Crippen molar-refractivity contribution in [2.45, 2.75) is 141 Å². The second-order valence-corrected chi connectivity index (χ2v) is 8.10. The van der Waals surface area contributed by atoms with Crippen molar-refractivity contribution in [1.29, 1.82) is 0 Å². The predicted octanol–water partition coefficient (Wildman–Crippen LogP) is 8.61. The monoisotopic (exact) mass is 358 g/mol. The molecule has 0 nitrogen and oxygen atoms in total. The van der Waals surface area contributed by atoms with Crippen molar-refractivity contribution in [1.82, 2.24) is 0 Å². The molecule has 0 saturated heterocycles. The summed E-state index contributed by atoms with van der Waals surface area (Å²) in [6.07, 6.45) is 37.0. The zero-order chi connectivity index (χ0) is 17.0. The molecule has 25 heavy (non-hydrogen) atoms. The molecule has 0 atom stereocenters. The van der Waals surface area contributed by atoms with Crippen LogP contribution in [0.1, 0.15) is 141 Å². The standard InChI is InChI=1S/2C12H23.Mg/c2*1-2-4-6-8-10-12-11-9-7-5-3-1;/h2*1H,2-12H2;/q2*-1;+2. The average Bonchev–Trinajstić information content (AvgIpc) is 2.56. The molecular formula is C24H46Mg. The molecule has 2 aliphatic rings. The molecule has 0 N–H and O–H groups in total. The van der Waals surface area contributed by atoms with E-state index >= 15 is 0 Å². The first-order chi connectivity index (χ1) is 12.0. The molecule has 0 radical (unpaired) electrons. The third-order valence-corrected chi connectivity index (χ3v) is 5.63. The van der Waals surface area contributed by atoms with Crippen LogP contribution < -0.4 is 0 Å². The molecule has 0 unspecified atom stereocenters. The number of rotatable bonds is 0. The van der Waals surface area contributed by atoms with Gasteiger partial charge in [-0.3, -0.25) is 0 Å². The second kappa shape index (κ2) is 22.8. The van der Waals surface area contributed by atoms with E-state index in [4.69, 9.17) is 0 Å². The molecule has 0 spiro atoms. The molecular weight excluding hydrogens is 313 g/mol. The molecule has 2 rings (SSSR count). The van der Waals surface area contributed by atoms with Crippen LogP contribution in [-0.4, -0.2) is 23.1 Å². The van der Waals surface area contributed by atoms with Crippen LogP contribution in [0.4, 0.5) is 0 Å². The average molecular weight is 359 g/mol. The third kappa shape index (κ3) is 20.9. The summed E-state index contributed by atoms with van der Waals surface area (Å²) in [6.45, 7) is 0.